The Kier molecular flexibility index (Phi) is 4.90. The van der Waals surface area contributed by atoms with E-state index in [-0.39, 0.29) is 12.1 Å². The number of hydrogen-bond donors (Lipinski definition) is 1. The summed E-state index contributed by atoms with van der Waals surface area (Å²) in [5.41, 5.74) is 2.74. The van der Waals surface area contributed by atoms with Crippen molar-refractivity contribution in [3.8, 4) is 0 Å². The highest BCUT2D eigenvalue weighted by Crippen LogP contribution is 2.39. The topological polar surface area (TPSA) is 41.6 Å². The van der Waals surface area contributed by atoms with Crippen molar-refractivity contribution in [3.05, 3.63) is 35.4 Å². The number of rotatable bonds is 3. The summed E-state index contributed by atoms with van der Waals surface area (Å²) in [6, 6.07) is 8.63. The summed E-state index contributed by atoms with van der Waals surface area (Å²) in [4.78, 5) is 14.7. The zero-order chi connectivity index (χ0) is 16.3. The smallest absolute Gasteiger partial charge is 0.317 e. The lowest BCUT2D eigenvalue weighted by Crippen LogP contribution is -2.42. The Balaban J connectivity index is 1.60. The summed E-state index contributed by atoms with van der Waals surface area (Å²) < 4.78 is 5.48. The van der Waals surface area contributed by atoms with Crippen LogP contribution in [-0.4, -0.2) is 37.2 Å². The van der Waals surface area contributed by atoms with E-state index < -0.39 is 0 Å². The molecule has 4 heteroatoms. The fraction of sp³-hybridized carbons (Fsp3) is 0.632. The highest BCUT2D eigenvalue weighted by molar-refractivity contribution is 5.75. The van der Waals surface area contributed by atoms with Gasteiger partial charge in [0.15, 0.2) is 0 Å². The van der Waals surface area contributed by atoms with Gasteiger partial charge in [0.25, 0.3) is 0 Å². The Hall–Kier alpha value is -1.55. The van der Waals surface area contributed by atoms with E-state index in [1.807, 2.05) is 4.90 Å². The van der Waals surface area contributed by atoms with Crippen LogP contribution in [0.25, 0.3) is 0 Å². The van der Waals surface area contributed by atoms with Crippen LogP contribution in [0.2, 0.25) is 0 Å². The second kappa shape index (κ2) is 6.91. The zero-order valence-corrected chi connectivity index (χ0v) is 14.3. The van der Waals surface area contributed by atoms with Crippen molar-refractivity contribution < 1.29 is 9.53 Å². The maximum Gasteiger partial charge on any atom is 0.317 e. The lowest BCUT2D eigenvalue weighted by Gasteiger charge is -2.33. The Morgan fingerprint density at radius 1 is 1.26 bits per heavy atom. The first kappa shape index (κ1) is 16.3. The number of nitrogens with one attached hydrogen (secondary N) is 1. The van der Waals surface area contributed by atoms with Gasteiger partial charge < -0.3 is 15.0 Å². The van der Waals surface area contributed by atoms with Crippen LogP contribution in [0.1, 0.15) is 49.8 Å². The summed E-state index contributed by atoms with van der Waals surface area (Å²) in [7, 11) is 0. The predicted molar refractivity (Wildman–Crippen MR) is 91.4 cm³/mol. The van der Waals surface area contributed by atoms with Crippen molar-refractivity contribution in [3.63, 3.8) is 0 Å². The molecule has 0 bridgehead atoms. The first-order chi connectivity index (χ1) is 11.1. The van der Waals surface area contributed by atoms with Crippen molar-refractivity contribution >= 4 is 6.03 Å². The minimum Gasteiger partial charge on any atom is -0.381 e. The van der Waals surface area contributed by atoms with E-state index in [2.05, 4.69) is 43.4 Å². The van der Waals surface area contributed by atoms with Crippen LogP contribution < -0.4 is 5.32 Å². The Bertz CT molecular complexity index is 535. The van der Waals surface area contributed by atoms with Gasteiger partial charge in [-0.3, -0.25) is 0 Å². The molecule has 1 spiro atoms. The Morgan fingerprint density at radius 3 is 2.61 bits per heavy atom. The van der Waals surface area contributed by atoms with Gasteiger partial charge in [0.05, 0.1) is 6.04 Å². The second-order valence-corrected chi connectivity index (χ2v) is 7.10. The molecule has 4 nitrogen and oxygen atoms in total. The average Bonchev–Trinajstić information content (AvgIpc) is 2.97. The predicted octanol–water partition coefficient (Wildman–Crippen LogP) is 3.66. The molecule has 2 aliphatic heterocycles. The van der Waals surface area contributed by atoms with Crippen molar-refractivity contribution in [2.45, 2.75) is 45.6 Å². The van der Waals surface area contributed by atoms with Gasteiger partial charge >= 0.3 is 6.03 Å². The number of benzene rings is 1. The maximum atomic E-state index is 12.7. The van der Waals surface area contributed by atoms with Gasteiger partial charge in [0, 0.05) is 26.3 Å². The van der Waals surface area contributed by atoms with Crippen LogP contribution in [-0.2, 0) is 4.74 Å². The number of carbonyl (C=O) groups is 1. The van der Waals surface area contributed by atoms with E-state index in [9.17, 15) is 4.79 Å². The van der Waals surface area contributed by atoms with Crippen molar-refractivity contribution in [2.75, 3.05) is 26.3 Å². The minimum absolute atomic E-state index is 0.0841. The van der Waals surface area contributed by atoms with Crippen LogP contribution in [0.15, 0.2) is 24.3 Å². The van der Waals surface area contributed by atoms with Gasteiger partial charge in [-0.05, 0) is 43.6 Å². The molecule has 1 atom stereocenters. The third kappa shape index (κ3) is 3.69. The largest absolute Gasteiger partial charge is 0.381 e. The molecule has 126 valence electrons. The van der Waals surface area contributed by atoms with E-state index in [1.165, 1.54) is 11.1 Å². The van der Waals surface area contributed by atoms with Crippen LogP contribution >= 0.6 is 0 Å². The molecule has 1 aromatic rings. The third-order valence-corrected chi connectivity index (χ3v) is 5.46. The number of aryl methyl sites for hydroxylation is 1. The molecule has 1 aromatic carbocycles. The molecule has 23 heavy (non-hydrogen) atoms. The summed E-state index contributed by atoms with van der Waals surface area (Å²) in [6.45, 7) is 7.64. The van der Waals surface area contributed by atoms with E-state index in [0.717, 1.165) is 52.0 Å². The summed E-state index contributed by atoms with van der Waals surface area (Å²) in [6.07, 6.45) is 4.20. The van der Waals surface area contributed by atoms with Crippen molar-refractivity contribution in [2.24, 2.45) is 5.41 Å². The van der Waals surface area contributed by atoms with Crippen LogP contribution in [0.3, 0.4) is 0 Å². The van der Waals surface area contributed by atoms with Gasteiger partial charge in [0.2, 0.25) is 0 Å². The normalized spacial score (nSPS) is 21.4. The van der Waals surface area contributed by atoms with E-state index in [0.29, 0.717) is 5.41 Å². The average molecular weight is 316 g/mol. The van der Waals surface area contributed by atoms with Gasteiger partial charge in [-0.15, -0.1) is 0 Å². The quantitative estimate of drug-likeness (QED) is 0.924. The van der Waals surface area contributed by atoms with Gasteiger partial charge in [-0.25, -0.2) is 4.79 Å². The molecule has 0 aromatic heterocycles. The highest BCUT2D eigenvalue weighted by atomic mass is 16.5. The number of amides is 2. The monoisotopic (exact) mass is 316 g/mol. The van der Waals surface area contributed by atoms with Gasteiger partial charge in [-0.2, -0.15) is 0 Å². The maximum absolute atomic E-state index is 12.7. The molecule has 2 amide bonds. The lowest BCUT2D eigenvalue weighted by molar-refractivity contribution is 0.0208. The molecule has 2 heterocycles. The minimum atomic E-state index is 0.0841. The Morgan fingerprint density at radius 2 is 1.96 bits per heavy atom. The molecule has 2 fully saturated rings. The van der Waals surface area contributed by atoms with Crippen LogP contribution in [0, 0.1) is 12.3 Å². The van der Waals surface area contributed by atoms with Crippen molar-refractivity contribution in [1.82, 2.24) is 10.2 Å². The summed E-state index contributed by atoms with van der Waals surface area (Å²) in [5.74, 6) is 0. The molecular formula is C19H28N2O2. The molecule has 0 aliphatic carbocycles. The molecule has 2 aliphatic rings. The third-order valence-electron chi connectivity index (χ3n) is 5.46. The first-order valence-corrected chi connectivity index (χ1v) is 8.82. The molecule has 2 saturated heterocycles. The Labute approximate surface area is 139 Å². The van der Waals surface area contributed by atoms with E-state index in [1.54, 1.807) is 0 Å². The molecule has 0 radical (unpaired) electrons. The number of hydrogen-bond acceptors (Lipinski definition) is 2. The number of nitrogens with zero attached hydrogens (tertiary/aromatic N) is 1. The zero-order valence-electron chi connectivity index (χ0n) is 14.3. The number of ether oxygens (including phenoxy) is 1. The van der Waals surface area contributed by atoms with Crippen molar-refractivity contribution in [1.29, 1.82) is 0 Å². The molecule has 3 rings (SSSR count). The molecule has 0 saturated carbocycles. The van der Waals surface area contributed by atoms with E-state index >= 15 is 0 Å². The molecular weight excluding hydrogens is 288 g/mol. The first-order valence-electron chi connectivity index (χ1n) is 8.82. The lowest BCUT2D eigenvalue weighted by atomic mass is 9.80. The number of likely N-dealkylation sites (tertiary alicyclic amines) is 1. The fourth-order valence-corrected chi connectivity index (χ4v) is 3.78. The summed E-state index contributed by atoms with van der Waals surface area (Å²) in [5, 5.41) is 3.22. The SMILES string of the molecule is CC[C@@H](NC(=O)N1CCC2(CCOCC2)C1)c1ccc(C)cc1. The fourth-order valence-electron chi connectivity index (χ4n) is 3.78. The van der Waals surface area contributed by atoms with E-state index in [4.69, 9.17) is 4.74 Å². The number of urea groups is 1. The van der Waals surface area contributed by atoms with Gasteiger partial charge in [-0.1, -0.05) is 36.8 Å². The second-order valence-electron chi connectivity index (χ2n) is 7.10. The van der Waals surface area contributed by atoms with Crippen LogP contribution in [0.5, 0.6) is 0 Å². The standard InChI is InChI=1S/C19H28N2O2/c1-3-17(16-6-4-15(2)5-7-16)20-18(22)21-11-8-19(14-21)9-12-23-13-10-19/h4-7,17H,3,8-14H2,1-2H3,(H,20,22)/t17-/m1/s1. The molecule has 0 unspecified atom stereocenters. The van der Waals surface area contributed by atoms with Gasteiger partial charge in [0.1, 0.15) is 0 Å². The highest BCUT2D eigenvalue weighted by Gasteiger charge is 2.41. The van der Waals surface area contributed by atoms with Crippen LogP contribution in [0.4, 0.5) is 4.79 Å². The number of carbonyl (C=O) groups excluding carboxylic acids is 1. The summed E-state index contributed by atoms with van der Waals surface area (Å²) >= 11 is 0. The molecule has 1 N–H and O–H groups in total.